The van der Waals surface area contributed by atoms with Crippen molar-refractivity contribution in [3.63, 3.8) is 0 Å². The fourth-order valence-electron chi connectivity index (χ4n) is 3.80. The molecule has 0 bridgehead atoms. The highest BCUT2D eigenvalue weighted by atomic mass is 16.3. The van der Waals surface area contributed by atoms with Crippen molar-refractivity contribution in [3.05, 3.63) is 78.4 Å². The second-order valence-electron chi connectivity index (χ2n) is 7.30. The molecule has 0 radical (unpaired) electrons. The Kier molecular flexibility index (Phi) is 5.48. The number of aliphatic hydroxyl groups excluding tert-OH is 1. The number of aromatic nitrogens is 3. The van der Waals surface area contributed by atoms with Gasteiger partial charge in [0.2, 0.25) is 0 Å². The largest absolute Gasteiger partial charge is 0.392 e. The summed E-state index contributed by atoms with van der Waals surface area (Å²) in [5.74, 6) is 0.284. The predicted octanol–water partition coefficient (Wildman–Crippen LogP) is 2.72. The van der Waals surface area contributed by atoms with E-state index in [0.717, 1.165) is 24.1 Å². The SMILES string of the molecule is O=C(c1ccc(-n2cnnc2)cc1)N1CCC([C@@H](O)Cc2ccccc2)CC1. The molecule has 6 nitrogen and oxygen atoms in total. The fourth-order valence-corrected chi connectivity index (χ4v) is 3.80. The number of aliphatic hydroxyl groups is 1. The van der Waals surface area contributed by atoms with Gasteiger partial charge in [0.25, 0.3) is 5.91 Å². The van der Waals surface area contributed by atoms with Gasteiger partial charge in [0.15, 0.2) is 0 Å². The van der Waals surface area contributed by atoms with E-state index >= 15 is 0 Å². The van der Waals surface area contributed by atoms with Gasteiger partial charge in [0.1, 0.15) is 12.7 Å². The Labute approximate surface area is 164 Å². The summed E-state index contributed by atoms with van der Waals surface area (Å²) in [6.07, 6.45) is 5.23. The molecule has 6 heteroatoms. The lowest BCUT2D eigenvalue weighted by Crippen LogP contribution is -2.41. The van der Waals surface area contributed by atoms with Crippen LogP contribution in [0.2, 0.25) is 0 Å². The van der Waals surface area contributed by atoms with Crippen LogP contribution >= 0.6 is 0 Å². The van der Waals surface area contributed by atoms with Crippen molar-refractivity contribution >= 4 is 5.91 Å². The molecule has 28 heavy (non-hydrogen) atoms. The average molecular weight is 376 g/mol. The van der Waals surface area contributed by atoms with Crippen LogP contribution in [0.4, 0.5) is 0 Å². The number of nitrogens with zero attached hydrogens (tertiary/aromatic N) is 4. The van der Waals surface area contributed by atoms with Gasteiger partial charge in [-0.25, -0.2) is 0 Å². The summed E-state index contributed by atoms with van der Waals surface area (Å²) in [6.45, 7) is 1.37. The van der Waals surface area contributed by atoms with Crippen LogP contribution in [0.3, 0.4) is 0 Å². The van der Waals surface area contributed by atoms with Crippen molar-refractivity contribution in [1.82, 2.24) is 19.7 Å². The highest BCUT2D eigenvalue weighted by Gasteiger charge is 2.28. The summed E-state index contributed by atoms with van der Waals surface area (Å²) >= 11 is 0. The molecular formula is C22H24N4O2. The van der Waals surface area contributed by atoms with E-state index in [-0.39, 0.29) is 17.9 Å². The predicted molar refractivity (Wildman–Crippen MR) is 106 cm³/mol. The number of likely N-dealkylation sites (tertiary alicyclic amines) is 1. The summed E-state index contributed by atoms with van der Waals surface area (Å²) in [5, 5.41) is 18.2. The molecule has 2 aromatic carbocycles. The maximum Gasteiger partial charge on any atom is 0.253 e. The molecule has 1 saturated heterocycles. The third-order valence-electron chi connectivity index (χ3n) is 5.49. The smallest absolute Gasteiger partial charge is 0.253 e. The average Bonchev–Trinajstić information content (AvgIpc) is 3.29. The van der Waals surface area contributed by atoms with E-state index in [4.69, 9.17) is 0 Å². The normalized spacial score (nSPS) is 16.1. The first kappa shape index (κ1) is 18.4. The summed E-state index contributed by atoms with van der Waals surface area (Å²) in [7, 11) is 0. The van der Waals surface area contributed by atoms with E-state index in [0.29, 0.717) is 25.1 Å². The number of carbonyl (C=O) groups is 1. The molecule has 1 aliphatic rings. The number of rotatable bonds is 5. The van der Waals surface area contributed by atoms with Crippen molar-refractivity contribution in [3.8, 4) is 5.69 Å². The first-order chi connectivity index (χ1) is 13.7. The zero-order valence-corrected chi connectivity index (χ0v) is 15.7. The lowest BCUT2D eigenvalue weighted by atomic mass is 9.87. The third kappa shape index (κ3) is 4.12. The van der Waals surface area contributed by atoms with Gasteiger partial charge in [-0.2, -0.15) is 0 Å². The van der Waals surface area contributed by atoms with E-state index in [9.17, 15) is 9.90 Å². The number of amides is 1. The van der Waals surface area contributed by atoms with E-state index in [1.54, 1.807) is 17.2 Å². The second-order valence-corrected chi connectivity index (χ2v) is 7.30. The lowest BCUT2D eigenvalue weighted by molar-refractivity contribution is 0.0467. The molecule has 4 rings (SSSR count). The van der Waals surface area contributed by atoms with E-state index in [2.05, 4.69) is 10.2 Å². The minimum atomic E-state index is -0.359. The summed E-state index contributed by atoms with van der Waals surface area (Å²) in [5.41, 5.74) is 2.76. The van der Waals surface area contributed by atoms with Crippen LogP contribution in [0.15, 0.2) is 67.3 Å². The first-order valence-corrected chi connectivity index (χ1v) is 9.67. The maximum absolute atomic E-state index is 12.8. The Hall–Kier alpha value is -2.99. The van der Waals surface area contributed by atoms with Crippen LogP contribution in [0, 0.1) is 5.92 Å². The number of hydrogen-bond donors (Lipinski definition) is 1. The van der Waals surface area contributed by atoms with Crippen LogP contribution in [-0.2, 0) is 6.42 Å². The fraction of sp³-hybridized carbons (Fsp3) is 0.318. The van der Waals surface area contributed by atoms with Gasteiger partial charge in [0, 0.05) is 24.3 Å². The highest BCUT2D eigenvalue weighted by Crippen LogP contribution is 2.24. The summed E-state index contributed by atoms with van der Waals surface area (Å²) in [4.78, 5) is 14.7. The third-order valence-corrected chi connectivity index (χ3v) is 5.49. The standard InChI is InChI=1S/C22H24N4O2/c27-21(14-17-4-2-1-3-5-17)18-10-12-25(13-11-18)22(28)19-6-8-20(9-7-19)26-15-23-24-16-26/h1-9,15-16,18,21,27H,10-14H2/t21-/m0/s1. The van der Waals surface area contributed by atoms with Gasteiger partial charge >= 0.3 is 0 Å². The quantitative estimate of drug-likeness (QED) is 0.743. The minimum Gasteiger partial charge on any atom is -0.392 e. The van der Waals surface area contributed by atoms with Gasteiger partial charge in [-0.3, -0.25) is 9.36 Å². The Balaban J connectivity index is 1.32. The van der Waals surface area contributed by atoms with E-state index in [1.165, 1.54) is 0 Å². The van der Waals surface area contributed by atoms with E-state index in [1.807, 2.05) is 59.5 Å². The molecule has 2 heterocycles. The highest BCUT2D eigenvalue weighted by molar-refractivity contribution is 5.94. The topological polar surface area (TPSA) is 71.2 Å². The minimum absolute atomic E-state index is 0.0475. The number of piperidine rings is 1. The lowest BCUT2D eigenvalue weighted by Gasteiger charge is -2.34. The molecule has 1 N–H and O–H groups in total. The van der Waals surface area contributed by atoms with Gasteiger partial charge in [-0.15, -0.1) is 10.2 Å². The zero-order valence-electron chi connectivity index (χ0n) is 15.7. The Bertz CT molecular complexity index is 886. The van der Waals surface area contributed by atoms with E-state index < -0.39 is 0 Å². The van der Waals surface area contributed by atoms with Crippen LogP contribution < -0.4 is 0 Å². The molecule has 1 fully saturated rings. The van der Waals surface area contributed by atoms with Crippen LogP contribution in [0.1, 0.15) is 28.8 Å². The van der Waals surface area contributed by atoms with Gasteiger partial charge in [-0.1, -0.05) is 30.3 Å². The van der Waals surface area contributed by atoms with Crippen molar-refractivity contribution < 1.29 is 9.90 Å². The molecule has 0 aliphatic carbocycles. The Morgan fingerprint density at radius 3 is 2.29 bits per heavy atom. The molecule has 1 amide bonds. The molecule has 3 aromatic rings. The maximum atomic E-state index is 12.8. The monoisotopic (exact) mass is 376 g/mol. The molecule has 0 unspecified atom stereocenters. The first-order valence-electron chi connectivity index (χ1n) is 9.67. The Morgan fingerprint density at radius 2 is 1.64 bits per heavy atom. The molecule has 1 aromatic heterocycles. The van der Waals surface area contributed by atoms with Gasteiger partial charge in [-0.05, 0) is 55.0 Å². The summed E-state index contributed by atoms with van der Waals surface area (Å²) < 4.78 is 1.80. The Morgan fingerprint density at radius 1 is 1.00 bits per heavy atom. The van der Waals surface area contributed by atoms with Crippen molar-refractivity contribution in [1.29, 1.82) is 0 Å². The number of hydrogen-bond acceptors (Lipinski definition) is 4. The molecular weight excluding hydrogens is 352 g/mol. The molecule has 0 saturated carbocycles. The number of carbonyl (C=O) groups excluding carboxylic acids is 1. The van der Waals surface area contributed by atoms with Crippen LogP contribution in [0.5, 0.6) is 0 Å². The molecule has 144 valence electrons. The van der Waals surface area contributed by atoms with Crippen molar-refractivity contribution in [2.45, 2.75) is 25.4 Å². The van der Waals surface area contributed by atoms with Crippen LogP contribution in [-0.4, -0.2) is 49.9 Å². The van der Waals surface area contributed by atoms with Crippen molar-refractivity contribution in [2.24, 2.45) is 5.92 Å². The molecule has 1 aliphatic heterocycles. The molecule has 1 atom stereocenters. The van der Waals surface area contributed by atoms with Gasteiger partial charge in [0.05, 0.1) is 6.10 Å². The van der Waals surface area contributed by atoms with Crippen LogP contribution in [0.25, 0.3) is 5.69 Å². The second kappa shape index (κ2) is 8.35. The van der Waals surface area contributed by atoms with Crippen molar-refractivity contribution in [2.75, 3.05) is 13.1 Å². The number of benzene rings is 2. The summed E-state index contributed by atoms with van der Waals surface area (Å²) in [6, 6.07) is 17.5. The zero-order chi connectivity index (χ0) is 19.3. The molecule has 0 spiro atoms. The van der Waals surface area contributed by atoms with Gasteiger partial charge < -0.3 is 10.0 Å².